The highest BCUT2D eigenvalue weighted by molar-refractivity contribution is 6.57. The second-order valence-corrected chi connectivity index (χ2v) is 2.83. The van der Waals surface area contributed by atoms with E-state index in [1.807, 2.05) is 0 Å². The fourth-order valence-corrected chi connectivity index (χ4v) is 1.03. The van der Waals surface area contributed by atoms with Gasteiger partial charge in [-0.3, -0.25) is 4.68 Å². The van der Waals surface area contributed by atoms with Crippen molar-refractivity contribution >= 4 is 12.7 Å². The average Bonchev–Trinajstić information content (AvgIpc) is 2.68. The quantitative estimate of drug-likeness (QED) is 0.528. The minimum atomic E-state index is -1.44. The van der Waals surface area contributed by atoms with Crippen molar-refractivity contribution in [3.8, 4) is 0 Å². The summed E-state index contributed by atoms with van der Waals surface area (Å²) < 4.78 is 1.79. The second kappa shape index (κ2) is 2.35. The fraction of sp³-hybridized carbons (Fsp3) is 0.500. The molecule has 1 aromatic heterocycles. The van der Waals surface area contributed by atoms with E-state index in [1.165, 1.54) is 0 Å². The van der Waals surface area contributed by atoms with Gasteiger partial charge in [-0.2, -0.15) is 5.10 Å². The molecular formula is C6H9BN2O2. The summed E-state index contributed by atoms with van der Waals surface area (Å²) in [4.78, 5) is 0. The highest BCUT2D eigenvalue weighted by Crippen LogP contribution is 2.33. The Hall–Kier alpha value is -0.805. The highest BCUT2D eigenvalue weighted by Gasteiger charge is 2.25. The smallest absolute Gasteiger partial charge is 0.422 e. The largest absolute Gasteiger partial charge is 0.510 e. The van der Waals surface area contributed by atoms with E-state index in [1.54, 1.807) is 16.9 Å². The molecule has 0 bridgehead atoms. The molecule has 0 aromatic carbocycles. The zero-order valence-corrected chi connectivity index (χ0v) is 6.01. The van der Waals surface area contributed by atoms with Gasteiger partial charge in [0.1, 0.15) is 0 Å². The molecule has 0 amide bonds. The summed E-state index contributed by atoms with van der Waals surface area (Å²) in [6, 6.07) is 2.13. The number of aromatic nitrogens is 2. The SMILES string of the molecule is OB(O)c1ccn(C2CC2)n1. The lowest BCUT2D eigenvalue weighted by Crippen LogP contribution is -2.31. The van der Waals surface area contributed by atoms with Crippen LogP contribution in [0.2, 0.25) is 0 Å². The van der Waals surface area contributed by atoms with Crippen molar-refractivity contribution in [2.45, 2.75) is 18.9 Å². The molecule has 1 aliphatic carbocycles. The van der Waals surface area contributed by atoms with Gasteiger partial charge in [0.05, 0.1) is 11.6 Å². The molecule has 1 saturated carbocycles. The summed E-state index contributed by atoms with van der Waals surface area (Å²) in [5.41, 5.74) is 0.330. The first-order valence-electron chi connectivity index (χ1n) is 3.68. The lowest BCUT2D eigenvalue weighted by molar-refractivity contribution is 0.423. The Morgan fingerprint density at radius 1 is 1.55 bits per heavy atom. The van der Waals surface area contributed by atoms with E-state index < -0.39 is 7.12 Å². The lowest BCUT2D eigenvalue weighted by Gasteiger charge is -1.94. The monoisotopic (exact) mass is 152 g/mol. The fourth-order valence-electron chi connectivity index (χ4n) is 1.03. The molecule has 0 spiro atoms. The van der Waals surface area contributed by atoms with Crippen molar-refractivity contribution in [3.63, 3.8) is 0 Å². The first kappa shape index (κ1) is 6.88. The summed E-state index contributed by atoms with van der Waals surface area (Å²) in [5.74, 6) is 0. The van der Waals surface area contributed by atoms with Gasteiger partial charge in [0.2, 0.25) is 0 Å². The van der Waals surface area contributed by atoms with E-state index in [9.17, 15) is 0 Å². The van der Waals surface area contributed by atoms with E-state index in [0.29, 0.717) is 11.6 Å². The Kier molecular flexibility index (Phi) is 1.47. The van der Waals surface area contributed by atoms with Gasteiger partial charge in [0.15, 0.2) is 0 Å². The van der Waals surface area contributed by atoms with Gasteiger partial charge in [0, 0.05) is 6.20 Å². The van der Waals surface area contributed by atoms with Gasteiger partial charge in [-0.15, -0.1) is 0 Å². The van der Waals surface area contributed by atoms with Crippen molar-refractivity contribution in [2.24, 2.45) is 0 Å². The van der Waals surface area contributed by atoms with Crippen molar-refractivity contribution in [1.29, 1.82) is 0 Å². The summed E-state index contributed by atoms with van der Waals surface area (Å²) in [7, 11) is -1.44. The molecule has 0 unspecified atom stereocenters. The second-order valence-electron chi connectivity index (χ2n) is 2.83. The summed E-state index contributed by atoms with van der Waals surface area (Å²) >= 11 is 0. The number of hydrogen-bond acceptors (Lipinski definition) is 3. The third-order valence-electron chi connectivity index (χ3n) is 1.81. The van der Waals surface area contributed by atoms with Crippen LogP contribution in [0.5, 0.6) is 0 Å². The van der Waals surface area contributed by atoms with Crippen LogP contribution in [0.1, 0.15) is 18.9 Å². The third-order valence-corrected chi connectivity index (χ3v) is 1.81. The summed E-state index contributed by atoms with van der Waals surface area (Å²) in [6.07, 6.45) is 4.09. The van der Waals surface area contributed by atoms with E-state index in [0.717, 1.165) is 12.8 Å². The Labute approximate surface area is 64.6 Å². The van der Waals surface area contributed by atoms with Crippen LogP contribution in [0.15, 0.2) is 12.3 Å². The Morgan fingerprint density at radius 3 is 2.73 bits per heavy atom. The predicted molar refractivity (Wildman–Crippen MR) is 40.3 cm³/mol. The van der Waals surface area contributed by atoms with Gasteiger partial charge in [0.25, 0.3) is 0 Å². The molecule has 0 radical (unpaired) electrons. The molecule has 0 atom stereocenters. The van der Waals surface area contributed by atoms with Gasteiger partial charge in [-0.1, -0.05) is 0 Å². The van der Waals surface area contributed by atoms with Crippen LogP contribution in [-0.4, -0.2) is 26.9 Å². The minimum Gasteiger partial charge on any atom is -0.422 e. The van der Waals surface area contributed by atoms with Gasteiger partial charge in [-0.05, 0) is 18.9 Å². The van der Waals surface area contributed by atoms with E-state index >= 15 is 0 Å². The predicted octanol–water partition coefficient (Wildman–Crippen LogP) is -1.10. The highest BCUT2D eigenvalue weighted by atomic mass is 16.4. The van der Waals surface area contributed by atoms with Crippen LogP contribution in [0.4, 0.5) is 0 Å². The molecule has 1 aliphatic rings. The zero-order chi connectivity index (χ0) is 7.84. The van der Waals surface area contributed by atoms with Crippen LogP contribution < -0.4 is 5.59 Å². The van der Waals surface area contributed by atoms with Gasteiger partial charge >= 0.3 is 7.12 Å². The maximum atomic E-state index is 8.72. The van der Waals surface area contributed by atoms with E-state index in [-0.39, 0.29) is 0 Å². The summed E-state index contributed by atoms with van der Waals surface area (Å²) in [6.45, 7) is 0. The Morgan fingerprint density at radius 2 is 2.27 bits per heavy atom. The molecule has 2 N–H and O–H groups in total. The molecule has 0 aliphatic heterocycles. The number of hydrogen-bond donors (Lipinski definition) is 2. The summed E-state index contributed by atoms with van der Waals surface area (Å²) in [5, 5.41) is 21.4. The van der Waals surface area contributed by atoms with Gasteiger partial charge in [-0.25, -0.2) is 0 Å². The maximum absolute atomic E-state index is 8.72. The molecule has 0 saturated heterocycles. The van der Waals surface area contributed by atoms with Gasteiger partial charge < -0.3 is 10.0 Å². The Balaban J connectivity index is 2.18. The van der Waals surface area contributed by atoms with Crippen molar-refractivity contribution in [1.82, 2.24) is 9.78 Å². The molecule has 58 valence electrons. The number of nitrogens with zero attached hydrogens (tertiary/aromatic N) is 2. The Bertz CT molecular complexity index is 240. The van der Waals surface area contributed by atoms with E-state index in [2.05, 4.69) is 5.10 Å². The van der Waals surface area contributed by atoms with Crippen LogP contribution in [-0.2, 0) is 0 Å². The van der Waals surface area contributed by atoms with Crippen LogP contribution in [0, 0.1) is 0 Å². The van der Waals surface area contributed by atoms with Crippen LogP contribution >= 0.6 is 0 Å². The first-order chi connectivity index (χ1) is 5.27. The van der Waals surface area contributed by atoms with Crippen molar-refractivity contribution < 1.29 is 10.0 Å². The normalized spacial score (nSPS) is 16.9. The van der Waals surface area contributed by atoms with Crippen molar-refractivity contribution in [3.05, 3.63) is 12.3 Å². The first-order valence-corrected chi connectivity index (χ1v) is 3.68. The standard InChI is InChI=1S/C6H9BN2O2/c10-7(11)6-3-4-9(8-6)5-1-2-5/h3-5,10-11H,1-2H2. The zero-order valence-electron chi connectivity index (χ0n) is 6.01. The molecule has 2 rings (SSSR count). The lowest BCUT2D eigenvalue weighted by atomic mass is 9.87. The van der Waals surface area contributed by atoms with Crippen molar-refractivity contribution in [2.75, 3.05) is 0 Å². The molecule has 1 aromatic rings. The third kappa shape index (κ3) is 1.29. The molecule has 5 heteroatoms. The molecule has 4 nitrogen and oxygen atoms in total. The van der Waals surface area contributed by atoms with E-state index in [4.69, 9.17) is 10.0 Å². The topological polar surface area (TPSA) is 58.3 Å². The minimum absolute atomic E-state index is 0.330. The molecule has 1 heterocycles. The van der Waals surface area contributed by atoms with Crippen LogP contribution in [0.3, 0.4) is 0 Å². The average molecular weight is 152 g/mol. The maximum Gasteiger partial charge on any atom is 0.510 e. The molecule has 11 heavy (non-hydrogen) atoms. The van der Waals surface area contributed by atoms with Crippen LogP contribution in [0.25, 0.3) is 0 Å². The molecular weight excluding hydrogens is 143 g/mol. The number of rotatable bonds is 2. The molecule has 1 fully saturated rings.